The van der Waals surface area contributed by atoms with E-state index in [9.17, 15) is 17.8 Å². The van der Waals surface area contributed by atoms with Crippen LogP contribution in [0.3, 0.4) is 0 Å². The highest BCUT2D eigenvalue weighted by Crippen LogP contribution is 2.64. The van der Waals surface area contributed by atoms with E-state index < -0.39 is 21.3 Å². The summed E-state index contributed by atoms with van der Waals surface area (Å²) in [6, 6.07) is 38.8. The minimum Gasteiger partial charge on any atom is -0.748 e. The molecule has 0 heterocycles. The van der Waals surface area contributed by atoms with Gasteiger partial charge in [0, 0.05) is 17.4 Å². The van der Waals surface area contributed by atoms with E-state index in [1.165, 1.54) is 52.0 Å². The van der Waals surface area contributed by atoms with Crippen LogP contribution >= 0.6 is 0 Å². The number of hydrogen-bond acceptors (Lipinski definition) is 5. The highest BCUT2D eigenvalue weighted by atomic mass is 32.2. The van der Waals surface area contributed by atoms with Crippen molar-refractivity contribution in [1.29, 1.82) is 0 Å². The van der Waals surface area contributed by atoms with E-state index in [2.05, 4.69) is 116 Å². The van der Waals surface area contributed by atoms with Crippen LogP contribution < -0.4 is 0 Å². The molecule has 0 saturated heterocycles. The molecule has 0 N–H and O–H groups in total. The van der Waals surface area contributed by atoms with Crippen molar-refractivity contribution in [2.45, 2.75) is 76.5 Å². The molecule has 0 amide bonds. The van der Waals surface area contributed by atoms with Crippen molar-refractivity contribution in [3.05, 3.63) is 115 Å². The molecule has 2 bridgehead atoms. The fourth-order valence-electron chi connectivity index (χ4n) is 7.85. The lowest BCUT2D eigenvalue weighted by Gasteiger charge is -2.37. The van der Waals surface area contributed by atoms with E-state index in [1.807, 2.05) is 13.8 Å². The van der Waals surface area contributed by atoms with Crippen molar-refractivity contribution >= 4 is 27.9 Å². The molecule has 254 valence electrons. The fraction of sp³-hybridized carbons (Fsp3) is 0.390. The first kappa shape index (κ1) is 36.1. The maximum atomic E-state index is 11.8. The first-order valence-corrected chi connectivity index (χ1v) is 19.5. The lowest BCUT2D eigenvalue weighted by Crippen LogP contribution is -2.42. The SMILES string of the molecule is CC1(C)C2CCC1(CS(=O)(=O)[O-])C(=O)C2.CCCC(CCCO[SH+]c1cccc(-c2ccccc2)c1-c1ccccc1)c1ccccc1. The number of carbonyl (C=O) groups is 1. The van der Waals surface area contributed by atoms with Crippen LogP contribution in [-0.2, 0) is 31.1 Å². The summed E-state index contributed by atoms with van der Waals surface area (Å²) < 4.78 is 38.9. The van der Waals surface area contributed by atoms with Gasteiger partial charge in [-0.25, -0.2) is 8.42 Å². The van der Waals surface area contributed by atoms with Gasteiger partial charge >= 0.3 is 0 Å². The molecule has 0 aromatic heterocycles. The molecule has 48 heavy (non-hydrogen) atoms. The van der Waals surface area contributed by atoms with Crippen molar-refractivity contribution in [3.8, 4) is 22.3 Å². The van der Waals surface area contributed by atoms with Gasteiger partial charge in [0.25, 0.3) is 0 Å². The van der Waals surface area contributed by atoms with Crippen LogP contribution in [0.2, 0.25) is 0 Å². The van der Waals surface area contributed by atoms with Crippen molar-refractivity contribution in [2.75, 3.05) is 12.4 Å². The second-order valence-electron chi connectivity index (χ2n) is 13.8. The van der Waals surface area contributed by atoms with E-state index >= 15 is 0 Å². The maximum Gasteiger partial charge on any atom is 0.196 e. The van der Waals surface area contributed by atoms with Crippen LogP contribution in [0.15, 0.2) is 114 Å². The second-order valence-corrected chi connectivity index (χ2v) is 16.1. The van der Waals surface area contributed by atoms with Gasteiger partial charge in [-0.05, 0) is 77.7 Å². The molecule has 3 unspecified atom stereocenters. The Kier molecular flexibility index (Phi) is 12.0. The Hall–Kier alpha value is -3.23. The van der Waals surface area contributed by atoms with E-state index in [-0.39, 0.29) is 17.1 Å². The smallest absolute Gasteiger partial charge is 0.196 e. The van der Waals surface area contributed by atoms with E-state index in [0.29, 0.717) is 18.8 Å². The number of fused-ring (bicyclic) bond motifs is 2. The first-order valence-electron chi connectivity index (χ1n) is 17.1. The Morgan fingerprint density at radius 3 is 2.04 bits per heavy atom. The maximum absolute atomic E-state index is 11.8. The monoisotopic (exact) mass is 684 g/mol. The molecule has 5 nitrogen and oxygen atoms in total. The predicted molar refractivity (Wildman–Crippen MR) is 197 cm³/mol. The van der Waals surface area contributed by atoms with Gasteiger partial charge in [0.2, 0.25) is 0 Å². The van der Waals surface area contributed by atoms with Gasteiger partial charge in [0.05, 0.1) is 15.9 Å². The van der Waals surface area contributed by atoms with Gasteiger partial charge in [-0.15, -0.1) is 0 Å². The van der Waals surface area contributed by atoms with E-state index in [4.69, 9.17) is 4.18 Å². The first-order chi connectivity index (χ1) is 23.1. The Balaban J connectivity index is 0.000000250. The molecular weight excluding hydrogens is 637 g/mol. The number of ketones is 1. The van der Waals surface area contributed by atoms with Crippen LogP contribution in [0.1, 0.15) is 77.2 Å². The summed E-state index contributed by atoms with van der Waals surface area (Å²) in [4.78, 5) is 13.1. The highest BCUT2D eigenvalue weighted by molar-refractivity contribution is 7.85. The third kappa shape index (κ3) is 8.31. The van der Waals surface area contributed by atoms with Crippen LogP contribution in [-0.4, -0.2) is 31.1 Å². The minimum absolute atomic E-state index is 0.0248. The highest BCUT2D eigenvalue weighted by Gasteiger charge is 2.64. The number of hydrogen-bond donors (Lipinski definition) is 0. The summed E-state index contributed by atoms with van der Waals surface area (Å²) >= 11 is 0.926. The van der Waals surface area contributed by atoms with Crippen molar-refractivity contribution < 1.29 is 21.9 Å². The summed E-state index contributed by atoms with van der Waals surface area (Å²) in [5, 5.41) is 0. The van der Waals surface area contributed by atoms with E-state index in [0.717, 1.165) is 31.5 Å². The fourth-order valence-corrected chi connectivity index (χ4v) is 9.98. The number of benzene rings is 4. The van der Waals surface area contributed by atoms with E-state index in [1.54, 1.807) is 0 Å². The van der Waals surface area contributed by atoms with Gasteiger partial charge in [-0.3, -0.25) is 4.79 Å². The van der Waals surface area contributed by atoms with Gasteiger partial charge in [-0.1, -0.05) is 130 Å². The molecule has 2 fully saturated rings. The Labute approximate surface area is 291 Å². The average molecular weight is 685 g/mol. The summed E-state index contributed by atoms with van der Waals surface area (Å²) in [7, 11) is -4.33. The Morgan fingerprint density at radius 2 is 1.48 bits per heavy atom. The van der Waals surface area contributed by atoms with Gasteiger partial charge in [-0.2, -0.15) is 4.18 Å². The Bertz CT molecular complexity index is 1740. The van der Waals surface area contributed by atoms with Crippen molar-refractivity contribution in [2.24, 2.45) is 16.7 Å². The summed E-state index contributed by atoms with van der Waals surface area (Å²) in [6.07, 6.45) is 6.57. The molecule has 0 aliphatic heterocycles. The van der Waals surface area contributed by atoms with Gasteiger partial charge < -0.3 is 4.55 Å². The molecule has 4 aromatic carbocycles. The number of Topliss-reactive ketones (excluding diaryl/α,β-unsaturated/α-hetero) is 1. The zero-order valence-electron chi connectivity index (χ0n) is 28.3. The van der Waals surface area contributed by atoms with Crippen LogP contribution in [0.25, 0.3) is 22.3 Å². The molecule has 2 saturated carbocycles. The largest absolute Gasteiger partial charge is 0.748 e. The minimum atomic E-state index is -4.33. The molecule has 0 radical (unpaired) electrons. The third-order valence-corrected chi connectivity index (χ3v) is 12.3. The molecule has 0 spiro atoms. The predicted octanol–water partition coefficient (Wildman–Crippen LogP) is 9.42. The molecule has 6 rings (SSSR count). The molecule has 7 heteroatoms. The van der Waals surface area contributed by atoms with Crippen LogP contribution in [0, 0.1) is 16.7 Å². The summed E-state index contributed by atoms with van der Waals surface area (Å²) in [5.74, 6) is 0.343. The normalized spacial score (nSPS) is 20.2. The topological polar surface area (TPSA) is 83.5 Å². The number of carbonyl (C=O) groups excluding carboxylic acids is 1. The van der Waals surface area contributed by atoms with Gasteiger partial charge in [0.1, 0.15) is 12.4 Å². The summed E-state index contributed by atoms with van der Waals surface area (Å²) in [6.45, 7) is 6.88. The molecular formula is C41H48O5S2. The number of thiol groups is 1. The molecule has 4 aromatic rings. The van der Waals surface area contributed by atoms with Crippen molar-refractivity contribution in [3.63, 3.8) is 0 Å². The quantitative estimate of drug-likeness (QED) is 0.0607. The Morgan fingerprint density at radius 1 is 0.854 bits per heavy atom. The zero-order chi connectivity index (χ0) is 34.2. The lowest BCUT2D eigenvalue weighted by molar-refractivity contribution is -0.128. The average Bonchev–Trinajstić information content (AvgIpc) is 3.43. The van der Waals surface area contributed by atoms with Crippen LogP contribution in [0.4, 0.5) is 0 Å². The third-order valence-electron chi connectivity index (χ3n) is 10.6. The second kappa shape index (κ2) is 16.0. The molecule has 2 aliphatic carbocycles. The molecule has 2 aliphatic rings. The summed E-state index contributed by atoms with van der Waals surface area (Å²) in [5.41, 5.74) is 5.22. The van der Waals surface area contributed by atoms with Crippen LogP contribution in [0.5, 0.6) is 0 Å². The zero-order valence-corrected chi connectivity index (χ0v) is 30.0. The van der Waals surface area contributed by atoms with Crippen molar-refractivity contribution in [1.82, 2.24) is 0 Å². The standard InChI is InChI=1S/C31H32OS.C10H16O4S/c1-2-14-25(26-15-6-3-7-16-26)21-13-24-32-33-30-23-12-22-29(27-17-8-4-9-18-27)31(30)28-19-10-5-11-20-28;1-9(2)7-3-4-10(9,8(11)5-7)6-15(12,13)14/h3-12,15-20,22-23,25H,2,13-14,21,24H2,1H3;7H,3-6H2,1-2H3,(H,12,13,14). The lowest BCUT2D eigenvalue weighted by atomic mass is 9.70. The van der Waals surface area contributed by atoms with Gasteiger partial charge in [0.15, 0.2) is 16.9 Å². The molecule has 3 atom stereocenters. The number of rotatable bonds is 13.